The van der Waals surface area contributed by atoms with Crippen LogP contribution in [0.25, 0.3) is 0 Å². The summed E-state index contributed by atoms with van der Waals surface area (Å²) in [5, 5.41) is 11.4. The summed E-state index contributed by atoms with van der Waals surface area (Å²) < 4.78 is 5.15. The van der Waals surface area contributed by atoms with Gasteiger partial charge in [-0.2, -0.15) is 11.8 Å². The summed E-state index contributed by atoms with van der Waals surface area (Å²) in [5.41, 5.74) is -0.541. The molecule has 18 heavy (non-hydrogen) atoms. The Hall–Kier alpha value is -0.910. The van der Waals surface area contributed by atoms with Crippen molar-refractivity contribution < 1.29 is 19.4 Å². The maximum atomic E-state index is 11.6. The lowest BCUT2D eigenvalue weighted by atomic mass is 10.1. The van der Waals surface area contributed by atoms with Crippen molar-refractivity contribution in [1.82, 2.24) is 5.32 Å². The van der Waals surface area contributed by atoms with E-state index in [1.165, 1.54) is 0 Å². The molecule has 0 bridgehead atoms. The quantitative estimate of drug-likeness (QED) is 0.747. The Balaban J connectivity index is 4.20. The molecule has 0 heterocycles. The molecule has 0 unspecified atom stereocenters. The second-order valence-corrected chi connectivity index (χ2v) is 6.04. The Morgan fingerprint density at radius 2 is 1.94 bits per heavy atom. The highest BCUT2D eigenvalue weighted by atomic mass is 32.2. The Labute approximate surface area is 113 Å². The number of hydrogen-bond acceptors (Lipinski definition) is 4. The lowest BCUT2D eigenvalue weighted by Gasteiger charge is -2.23. The van der Waals surface area contributed by atoms with Crippen molar-refractivity contribution in [3.8, 4) is 0 Å². The standard InChI is InChI=1S/C12H23NO4S/c1-12(2,3)17-11(16)13-9(7-8-18-4)5-6-10(14)15/h9H,5-8H2,1-4H3,(H,13,16)(H,14,15)/t9-/m1/s1. The molecule has 106 valence electrons. The largest absolute Gasteiger partial charge is 0.481 e. The molecule has 0 aliphatic rings. The molecule has 0 aromatic rings. The highest BCUT2D eigenvalue weighted by Crippen LogP contribution is 2.10. The smallest absolute Gasteiger partial charge is 0.407 e. The van der Waals surface area contributed by atoms with Crippen molar-refractivity contribution in [1.29, 1.82) is 0 Å². The molecule has 2 N–H and O–H groups in total. The summed E-state index contributed by atoms with van der Waals surface area (Å²) in [6.07, 6.45) is 2.71. The third-order valence-corrected chi connectivity index (χ3v) is 2.74. The first-order chi connectivity index (χ1) is 8.24. The van der Waals surface area contributed by atoms with E-state index in [0.29, 0.717) is 6.42 Å². The molecule has 0 aromatic heterocycles. The molecule has 0 aliphatic carbocycles. The van der Waals surface area contributed by atoms with E-state index in [0.717, 1.165) is 12.2 Å². The summed E-state index contributed by atoms with van der Waals surface area (Å²) in [4.78, 5) is 22.1. The average molecular weight is 277 g/mol. The predicted molar refractivity (Wildman–Crippen MR) is 73.0 cm³/mol. The van der Waals surface area contributed by atoms with Crippen LogP contribution in [0.4, 0.5) is 4.79 Å². The predicted octanol–water partition coefficient (Wildman–Crippen LogP) is 2.50. The summed E-state index contributed by atoms with van der Waals surface area (Å²) >= 11 is 1.66. The number of hydrogen-bond donors (Lipinski definition) is 2. The zero-order chi connectivity index (χ0) is 14.2. The number of ether oxygens (including phenoxy) is 1. The van der Waals surface area contributed by atoms with Crippen molar-refractivity contribution in [2.75, 3.05) is 12.0 Å². The van der Waals surface area contributed by atoms with Crippen molar-refractivity contribution in [2.24, 2.45) is 0 Å². The molecule has 1 amide bonds. The van der Waals surface area contributed by atoms with Gasteiger partial charge in [-0.05, 0) is 45.6 Å². The fraction of sp³-hybridized carbons (Fsp3) is 0.833. The zero-order valence-electron chi connectivity index (χ0n) is 11.5. The molecule has 0 rings (SSSR count). The van der Waals surface area contributed by atoms with Crippen molar-refractivity contribution >= 4 is 23.8 Å². The minimum atomic E-state index is -0.852. The maximum absolute atomic E-state index is 11.6. The minimum absolute atomic E-state index is 0.0504. The molecule has 1 atom stereocenters. The van der Waals surface area contributed by atoms with Gasteiger partial charge in [-0.1, -0.05) is 0 Å². The van der Waals surface area contributed by atoms with Crippen molar-refractivity contribution in [2.45, 2.75) is 51.7 Å². The van der Waals surface area contributed by atoms with Gasteiger partial charge < -0.3 is 15.2 Å². The minimum Gasteiger partial charge on any atom is -0.481 e. The first-order valence-electron chi connectivity index (χ1n) is 5.95. The number of rotatable bonds is 7. The highest BCUT2D eigenvalue weighted by Gasteiger charge is 2.19. The number of carbonyl (C=O) groups is 2. The molecule has 0 saturated heterocycles. The van der Waals surface area contributed by atoms with Gasteiger partial charge in [0.15, 0.2) is 0 Å². The van der Waals surface area contributed by atoms with Crippen LogP contribution in [-0.2, 0) is 9.53 Å². The van der Waals surface area contributed by atoms with E-state index in [1.807, 2.05) is 6.26 Å². The van der Waals surface area contributed by atoms with Crippen LogP contribution in [0.15, 0.2) is 0 Å². The Morgan fingerprint density at radius 1 is 1.33 bits per heavy atom. The molecule has 6 heteroatoms. The number of amides is 1. The third kappa shape index (κ3) is 10.3. The second-order valence-electron chi connectivity index (χ2n) is 5.06. The van der Waals surface area contributed by atoms with Crippen molar-refractivity contribution in [3.05, 3.63) is 0 Å². The van der Waals surface area contributed by atoms with Crippen LogP contribution in [0.3, 0.4) is 0 Å². The summed E-state index contributed by atoms with van der Waals surface area (Å²) in [5.74, 6) is 0.0234. The molecule has 5 nitrogen and oxygen atoms in total. The summed E-state index contributed by atoms with van der Waals surface area (Å²) in [7, 11) is 0. The number of carboxylic acid groups (broad SMARTS) is 1. The summed E-state index contributed by atoms with van der Waals surface area (Å²) in [6, 6.07) is -0.150. The molecular weight excluding hydrogens is 254 g/mol. The van der Waals surface area contributed by atoms with E-state index in [1.54, 1.807) is 32.5 Å². The lowest BCUT2D eigenvalue weighted by molar-refractivity contribution is -0.137. The van der Waals surface area contributed by atoms with Crippen molar-refractivity contribution in [3.63, 3.8) is 0 Å². The molecular formula is C12H23NO4S. The molecule has 0 fully saturated rings. The number of carbonyl (C=O) groups excluding carboxylic acids is 1. The number of carboxylic acids is 1. The number of thioether (sulfide) groups is 1. The van der Waals surface area contributed by atoms with Gasteiger partial charge in [-0.15, -0.1) is 0 Å². The SMILES string of the molecule is CSCC[C@@H](CCC(=O)O)NC(=O)OC(C)(C)C. The number of aliphatic carboxylic acids is 1. The lowest BCUT2D eigenvalue weighted by Crippen LogP contribution is -2.39. The van der Waals surface area contributed by atoms with E-state index in [-0.39, 0.29) is 12.5 Å². The third-order valence-electron chi connectivity index (χ3n) is 2.10. The van der Waals surface area contributed by atoms with E-state index >= 15 is 0 Å². The topological polar surface area (TPSA) is 75.6 Å². The van der Waals surface area contributed by atoms with Gasteiger partial charge in [-0.25, -0.2) is 4.79 Å². The average Bonchev–Trinajstić information content (AvgIpc) is 2.19. The Morgan fingerprint density at radius 3 is 2.39 bits per heavy atom. The van der Waals surface area contributed by atoms with Crippen LogP contribution in [0, 0.1) is 0 Å². The maximum Gasteiger partial charge on any atom is 0.407 e. The van der Waals surface area contributed by atoms with E-state index in [9.17, 15) is 9.59 Å². The Kier molecular flexibility index (Phi) is 7.82. The fourth-order valence-corrected chi connectivity index (χ4v) is 1.84. The number of alkyl carbamates (subject to hydrolysis) is 1. The second kappa shape index (κ2) is 8.24. The molecule has 0 spiro atoms. The van der Waals surface area contributed by atoms with E-state index in [4.69, 9.17) is 9.84 Å². The van der Waals surface area contributed by atoms with Crippen LogP contribution in [0.5, 0.6) is 0 Å². The molecule has 0 saturated carbocycles. The van der Waals surface area contributed by atoms with E-state index in [2.05, 4.69) is 5.32 Å². The molecule has 0 aromatic carbocycles. The van der Waals surface area contributed by atoms with Gasteiger partial charge >= 0.3 is 12.1 Å². The zero-order valence-corrected chi connectivity index (χ0v) is 12.3. The number of nitrogens with one attached hydrogen (secondary N) is 1. The normalized spacial score (nSPS) is 12.9. The van der Waals surface area contributed by atoms with Crippen LogP contribution in [0.1, 0.15) is 40.0 Å². The van der Waals surface area contributed by atoms with Gasteiger partial charge in [0.1, 0.15) is 5.60 Å². The van der Waals surface area contributed by atoms with Crippen LogP contribution < -0.4 is 5.32 Å². The van der Waals surface area contributed by atoms with Crippen LogP contribution >= 0.6 is 11.8 Å². The van der Waals surface area contributed by atoms with E-state index < -0.39 is 17.7 Å². The summed E-state index contributed by atoms with van der Waals surface area (Å²) in [6.45, 7) is 5.38. The van der Waals surface area contributed by atoms with Gasteiger partial charge in [0, 0.05) is 12.5 Å². The van der Waals surface area contributed by atoms with Crippen LogP contribution in [-0.4, -0.2) is 40.8 Å². The van der Waals surface area contributed by atoms with Gasteiger partial charge in [0.25, 0.3) is 0 Å². The monoisotopic (exact) mass is 277 g/mol. The molecule has 0 radical (unpaired) electrons. The Bertz CT molecular complexity index is 276. The van der Waals surface area contributed by atoms with Crippen LogP contribution in [0.2, 0.25) is 0 Å². The highest BCUT2D eigenvalue weighted by molar-refractivity contribution is 7.98. The fourth-order valence-electron chi connectivity index (χ4n) is 1.32. The van der Waals surface area contributed by atoms with Gasteiger partial charge in [-0.3, -0.25) is 4.79 Å². The first kappa shape index (κ1) is 17.1. The van der Waals surface area contributed by atoms with Gasteiger partial charge in [0.2, 0.25) is 0 Å². The first-order valence-corrected chi connectivity index (χ1v) is 7.34. The van der Waals surface area contributed by atoms with Gasteiger partial charge in [0.05, 0.1) is 0 Å². The molecule has 0 aliphatic heterocycles.